The van der Waals surface area contributed by atoms with Crippen molar-refractivity contribution < 1.29 is 4.74 Å². The molecular weight excluding hydrogens is 196 g/mol. The molecule has 1 aliphatic heterocycles. The zero-order chi connectivity index (χ0) is 10.4. The molecule has 1 heterocycles. The zero-order valence-corrected chi connectivity index (χ0v) is 9.90. The second-order valence-electron chi connectivity index (χ2n) is 3.58. The van der Waals surface area contributed by atoms with Crippen LogP contribution in [0.4, 0.5) is 0 Å². The van der Waals surface area contributed by atoms with Gasteiger partial charge >= 0.3 is 0 Å². The van der Waals surface area contributed by atoms with Crippen LogP contribution in [-0.2, 0) is 4.74 Å². The van der Waals surface area contributed by atoms with Crippen molar-refractivity contribution in [2.45, 2.75) is 25.5 Å². The topological polar surface area (TPSA) is 36.3 Å². The van der Waals surface area contributed by atoms with Crippen LogP contribution in [0.25, 0.3) is 0 Å². The Bertz CT molecular complexity index is 181. The van der Waals surface area contributed by atoms with E-state index in [2.05, 4.69) is 18.7 Å². The summed E-state index contributed by atoms with van der Waals surface area (Å²) >= 11 is 1.87. The summed E-state index contributed by atoms with van der Waals surface area (Å²) in [7, 11) is 0. The summed E-state index contributed by atoms with van der Waals surface area (Å²) < 4.78 is 5.25. The molecule has 1 rings (SSSR count). The predicted molar refractivity (Wildman–Crippen MR) is 62.3 cm³/mol. The fraction of sp³-hybridized carbons (Fsp3) is 0.900. The first-order chi connectivity index (χ1) is 6.74. The van der Waals surface area contributed by atoms with Crippen molar-refractivity contribution in [3.8, 4) is 0 Å². The van der Waals surface area contributed by atoms with Gasteiger partial charge in [-0.2, -0.15) is 11.8 Å². The Morgan fingerprint density at radius 1 is 1.50 bits per heavy atom. The summed E-state index contributed by atoms with van der Waals surface area (Å²) in [6, 6.07) is 0. The average molecular weight is 216 g/mol. The van der Waals surface area contributed by atoms with Crippen LogP contribution in [0.15, 0.2) is 0 Å². The number of morpholine rings is 1. The van der Waals surface area contributed by atoms with Crippen molar-refractivity contribution in [2.75, 3.05) is 32.1 Å². The maximum Gasteiger partial charge on any atom is 0.106 e. The molecule has 0 aromatic carbocycles. The molecular formula is C10H20N2OS. The molecule has 0 aromatic rings. The number of nitrogens with one attached hydrogen (secondary N) is 1. The Kier molecular flexibility index (Phi) is 5.33. The minimum atomic E-state index is 0.663. The first kappa shape index (κ1) is 11.9. The molecule has 0 amide bonds. The lowest BCUT2D eigenvalue weighted by Gasteiger charge is -2.29. The molecule has 1 atom stereocenters. The summed E-state index contributed by atoms with van der Waals surface area (Å²) in [5, 5.41) is 8.56. The van der Waals surface area contributed by atoms with E-state index in [0.29, 0.717) is 5.25 Å². The molecule has 0 saturated carbocycles. The lowest BCUT2D eigenvalue weighted by molar-refractivity contribution is 0.0676. The van der Waals surface area contributed by atoms with Gasteiger partial charge in [-0.25, -0.2) is 0 Å². The van der Waals surface area contributed by atoms with E-state index >= 15 is 0 Å². The smallest absolute Gasteiger partial charge is 0.106 e. The van der Waals surface area contributed by atoms with Gasteiger partial charge in [0, 0.05) is 18.3 Å². The molecule has 82 valence electrons. The number of thioether (sulfide) groups is 1. The van der Waals surface area contributed by atoms with Crippen LogP contribution in [0.5, 0.6) is 0 Å². The van der Waals surface area contributed by atoms with E-state index in [1.165, 1.54) is 6.42 Å². The van der Waals surface area contributed by atoms with Crippen LogP contribution in [0.1, 0.15) is 20.3 Å². The minimum Gasteiger partial charge on any atom is -0.378 e. The highest BCUT2D eigenvalue weighted by atomic mass is 32.2. The van der Waals surface area contributed by atoms with Crippen molar-refractivity contribution in [3.63, 3.8) is 0 Å². The van der Waals surface area contributed by atoms with Crippen LogP contribution in [0, 0.1) is 5.41 Å². The van der Waals surface area contributed by atoms with Gasteiger partial charge in [0.05, 0.1) is 19.0 Å². The highest BCUT2D eigenvalue weighted by Gasteiger charge is 2.14. The molecule has 1 N–H and O–H groups in total. The van der Waals surface area contributed by atoms with Gasteiger partial charge in [-0.3, -0.25) is 5.41 Å². The molecule has 0 spiro atoms. The molecule has 0 radical (unpaired) electrons. The van der Waals surface area contributed by atoms with Gasteiger partial charge in [-0.1, -0.05) is 13.8 Å². The lowest BCUT2D eigenvalue weighted by atomic mass is 10.4. The summed E-state index contributed by atoms with van der Waals surface area (Å²) in [5.41, 5.74) is 0. The first-order valence-electron chi connectivity index (χ1n) is 5.25. The molecule has 1 fully saturated rings. The van der Waals surface area contributed by atoms with E-state index in [-0.39, 0.29) is 0 Å². The number of rotatable bonds is 4. The zero-order valence-electron chi connectivity index (χ0n) is 9.08. The van der Waals surface area contributed by atoms with Gasteiger partial charge in [0.25, 0.3) is 0 Å². The molecule has 14 heavy (non-hydrogen) atoms. The maximum atomic E-state index is 7.90. The molecule has 0 aliphatic carbocycles. The van der Waals surface area contributed by atoms with Crippen molar-refractivity contribution in [1.82, 2.24) is 4.90 Å². The van der Waals surface area contributed by atoms with Gasteiger partial charge in [0.2, 0.25) is 0 Å². The summed E-state index contributed by atoms with van der Waals surface area (Å²) in [6.07, 6.45) is 1.18. The Labute approximate surface area is 90.7 Å². The van der Waals surface area contributed by atoms with Crippen LogP contribution in [0.3, 0.4) is 0 Å². The molecule has 1 aliphatic rings. The number of hydrogen-bond acceptors (Lipinski definition) is 3. The third kappa shape index (κ3) is 3.88. The van der Waals surface area contributed by atoms with E-state index in [1.807, 2.05) is 11.8 Å². The Morgan fingerprint density at radius 2 is 2.14 bits per heavy atom. The second kappa shape index (κ2) is 6.30. The van der Waals surface area contributed by atoms with Crippen LogP contribution < -0.4 is 0 Å². The normalized spacial score (nSPS) is 19.4. The Morgan fingerprint density at radius 3 is 2.71 bits per heavy atom. The third-order valence-electron chi connectivity index (χ3n) is 2.47. The van der Waals surface area contributed by atoms with E-state index < -0.39 is 0 Å². The quantitative estimate of drug-likeness (QED) is 0.575. The van der Waals surface area contributed by atoms with Crippen molar-refractivity contribution in [2.24, 2.45) is 0 Å². The van der Waals surface area contributed by atoms with Gasteiger partial charge in [0.15, 0.2) is 0 Å². The van der Waals surface area contributed by atoms with E-state index in [9.17, 15) is 0 Å². The summed E-state index contributed by atoms with van der Waals surface area (Å²) in [6.45, 7) is 7.74. The Hall–Kier alpha value is -0.220. The SMILES string of the molecule is CCC(C)SCC(=N)N1CCOCC1. The number of ether oxygens (including phenoxy) is 1. The van der Waals surface area contributed by atoms with Crippen LogP contribution >= 0.6 is 11.8 Å². The van der Waals surface area contributed by atoms with Crippen molar-refractivity contribution in [3.05, 3.63) is 0 Å². The standard InChI is InChI=1S/C10H20N2OS/c1-3-9(2)14-8-10(11)12-4-6-13-7-5-12/h9,11H,3-8H2,1-2H3. The molecule has 0 bridgehead atoms. The van der Waals surface area contributed by atoms with Crippen molar-refractivity contribution >= 4 is 17.6 Å². The molecule has 4 heteroatoms. The predicted octanol–water partition coefficient (Wildman–Crippen LogP) is 1.83. The summed E-state index contributed by atoms with van der Waals surface area (Å²) in [4.78, 5) is 2.12. The number of amidine groups is 1. The summed E-state index contributed by atoms with van der Waals surface area (Å²) in [5.74, 6) is 1.60. The number of hydrogen-bond donors (Lipinski definition) is 1. The van der Waals surface area contributed by atoms with Crippen LogP contribution in [0.2, 0.25) is 0 Å². The fourth-order valence-corrected chi connectivity index (χ4v) is 2.12. The van der Waals surface area contributed by atoms with E-state index in [4.69, 9.17) is 10.1 Å². The molecule has 1 saturated heterocycles. The van der Waals surface area contributed by atoms with Gasteiger partial charge in [-0.15, -0.1) is 0 Å². The molecule has 0 aromatic heterocycles. The van der Waals surface area contributed by atoms with E-state index in [0.717, 1.165) is 37.9 Å². The lowest BCUT2D eigenvalue weighted by Crippen LogP contribution is -2.41. The van der Waals surface area contributed by atoms with Gasteiger partial charge in [-0.05, 0) is 6.42 Å². The van der Waals surface area contributed by atoms with Gasteiger partial charge in [0.1, 0.15) is 5.84 Å². The van der Waals surface area contributed by atoms with Crippen molar-refractivity contribution in [1.29, 1.82) is 5.41 Å². The largest absolute Gasteiger partial charge is 0.378 e. The third-order valence-corrected chi connectivity index (χ3v) is 3.81. The van der Waals surface area contributed by atoms with E-state index in [1.54, 1.807) is 0 Å². The Balaban J connectivity index is 2.19. The molecule has 3 nitrogen and oxygen atoms in total. The first-order valence-corrected chi connectivity index (χ1v) is 6.30. The fourth-order valence-electron chi connectivity index (χ4n) is 1.26. The number of nitrogens with zero attached hydrogens (tertiary/aromatic N) is 1. The van der Waals surface area contributed by atoms with Gasteiger partial charge < -0.3 is 9.64 Å². The highest BCUT2D eigenvalue weighted by Crippen LogP contribution is 2.14. The monoisotopic (exact) mass is 216 g/mol. The molecule has 1 unspecified atom stereocenters. The average Bonchev–Trinajstić information content (AvgIpc) is 2.26. The second-order valence-corrected chi connectivity index (χ2v) is 5.00. The highest BCUT2D eigenvalue weighted by molar-refractivity contribution is 8.00. The maximum absolute atomic E-state index is 7.90. The minimum absolute atomic E-state index is 0.663. The van der Waals surface area contributed by atoms with Crippen LogP contribution in [-0.4, -0.2) is 48.0 Å².